The third kappa shape index (κ3) is 2.76. The van der Waals surface area contributed by atoms with Gasteiger partial charge in [0.25, 0.3) is 0 Å². The Kier molecular flexibility index (Phi) is 3.69. The first kappa shape index (κ1) is 10.6. The molecule has 2 rings (SSSR count). The molecule has 1 saturated heterocycles. The van der Waals surface area contributed by atoms with Crippen molar-refractivity contribution in [3.05, 3.63) is 30.1 Å². The Bertz CT molecular complexity index is 289. The molecule has 1 aromatic heterocycles. The van der Waals surface area contributed by atoms with Crippen LogP contribution >= 0.6 is 0 Å². The topological polar surface area (TPSA) is 36.4 Å². The van der Waals surface area contributed by atoms with Gasteiger partial charge < -0.3 is 5.11 Å². The summed E-state index contributed by atoms with van der Waals surface area (Å²) in [5.41, 5.74) is 1.33. The fourth-order valence-corrected chi connectivity index (χ4v) is 2.22. The fourth-order valence-electron chi connectivity index (χ4n) is 2.22. The van der Waals surface area contributed by atoms with Crippen LogP contribution in [0, 0.1) is 0 Å². The van der Waals surface area contributed by atoms with E-state index in [2.05, 4.69) is 22.0 Å². The molecule has 0 saturated carbocycles. The first-order valence-corrected chi connectivity index (χ1v) is 5.64. The van der Waals surface area contributed by atoms with Gasteiger partial charge in [-0.3, -0.25) is 9.88 Å². The summed E-state index contributed by atoms with van der Waals surface area (Å²) < 4.78 is 0. The molecule has 1 atom stereocenters. The molecule has 0 spiro atoms. The minimum atomic E-state index is 0.302. The summed E-state index contributed by atoms with van der Waals surface area (Å²) in [6.45, 7) is 2.49. The summed E-state index contributed by atoms with van der Waals surface area (Å²) in [6, 6.07) is 4.51. The maximum Gasteiger partial charge on any atom is 0.0586 e. The van der Waals surface area contributed by atoms with Crippen molar-refractivity contribution in [1.82, 2.24) is 9.88 Å². The van der Waals surface area contributed by atoms with Gasteiger partial charge >= 0.3 is 0 Å². The standard InChI is InChI=1S/C12H18N2O/c15-10-12-2-1-8-14(12)9-5-11-3-6-13-7-4-11/h3-4,6-7,12,15H,1-2,5,8-10H2. The normalized spacial score (nSPS) is 22.1. The molecule has 0 radical (unpaired) electrons. The third-order valence-corrected chi connectivity index (χ3v) is 3.15. The molecule has 1 aromatic rings. The molecule has 0 amide bonds. The molecule has 15 heavy (non-hydrogen) atoms. The van der Waals surface area contributed by atoms with Gasteiger partial charge in [0.2, 0.25) is 0 Å². The van der Waals surface area contributed by atoms with E-state index in [0.29, 0.717) is 12.6 Å². The van der Waals surface area contributed by atoms with Crippen LogP contribution in [0.4, 0.5) is 0 Å². The van der Waals surface area contributed by atoms with Crippen molar-refractivity contribution in [3.8, 4) is 0 Å². The maximum atomic E-state index is 9.18. The van der Waals surface area contributed by atoms with Gasteiger partial charge in [0.05, 0.1) is 6.61 Å². The van der Waals surface area contributed by atoms with Gasteiger partial charge in [-0.15, -0.1) is 0 Å². The fraction of sp³-hybridized carbons (Fsp3) is 0.583. The number of pyridine rings is 1. The second-order valence-corrected chi connectivity index (χ2v) is 4.12. The molecule has 0 aromatic carbocycles. The third-order valence-electron chi connectivity index (χ3n) is 3.15. The van der Waals surface area contributed by atoms with Gasteiger partial charge in [0.15, 0.2) is 0 Å². The van der Waals surface area contributed by atoms with E-state index in [1.807, 2.05) is 12.4 Å². The van der Waals surface area contributed by atoms with Crippen LogP contribution in [-0.2, 0) is 6.42 Å². The van der Waals surface area contributed by atoms with E-state index in [0.717, 1.165) is 25.9 Å². The molecule has 2 heterocycles. The molecule has 0 bridgehead atoms. The molecular formula is C12H18N2O. The van der Waals surface area contributed by atoms with Crippen molar-refractivity contribution in [2.75, 3.05) is 19.7 Å². The van der Waals surface area contributed by atoms with Crippen molar-refractivity contribution in [1.29, 1.82) is 0 Å². The number of hydrogen-bond acceptors (Lipinski definition) is 3. The highest BCUT2D eigenvalue weighted by molar-refractivity contribution is 5.10. The molecule has 3 nitrogen and oxygen atoms in total. The maximum absolute atomic E-state index is 9.18. The Morgan fingerprint density at radius 1 is 1.40 bits per heavy atom. The van der Waals surface area contributed by atoms with Crippen LogP contribution in [-0.4, -0.2) is 40.7 Å². The number of aliphatic hydroxyl groups excluding tert-OH is 1. The Labute approximate surface area is 90.8 Å². The van der Waals surface area contributed by atoms with Gasteiger partial charge in [0.1, 0.15) is 0 Å². The van der Waals surface area contributed by atoms with Crippen molar-refractivity contribution in [3.63, 3.8) is 0 Å². The molecular weight excluding hydrogens is 188 g/mol. The van der Waals surface area contributed by atoms with Gasteiger partial charge in [-0.2, -0.15) is 0 Å². The van der Waals surface area contributed by atoms with Crippen LogP contribution < -0.4 is 0 Å². The summed E-state index contributed by atoms with van der Waals surface area (Å²) >= 11 is 0. The second kappa shape index (κ2) is 5.24. The van der Waals surface area contributed by atoms with Crippen molar-refractivity contribution in [2.24, 2.45) is 0 Å². The quantitative estimate of drug-likeness (QED) is 0.801. The van der Waals surface area contributed by atoms with Crippen LogP contribution in [0.15, 0.2) is 24.5 Å². The number of aromatic nitrogens is 1. The lowest BCUT2D eigenvalue weighted by molar-refractivity contribution is 0.160. The monoisotopic (exact) mass is 206 g/mol. The molecule has 0 aliphatic carbocycles. The van der Waals surface area contributed by atoms with Gasteiger partial charge in [-0.25, -0.2) is 0 Å². The minimum absolute atomic E-state index is 0.302. The van der Waals surface area contributed by atoms with E-state index >= 15 is 0 Å². The van der Waals surface area contributed by atoms with Gasteiger partial charge in [-0.05, 0) is 43.5 Å². The Balaban J connectivity index is 1.83. The average Bonchev–Trinajstić information content (AvgIpc) is 2.75. The van der Waals surface area contributed by atoms with E-state index in [-0.39, 0.29) is 0 Å². The number of rotatable bonds is 4. The molecule has 3 heteroatoms. The van der Waals surface area contributed by atoms with E-state index in [1.54, 1.807) is 0 Å². The lowest BCUT2D eigenvalue weighted by Crippen LogP contribution is -2.33. The zero-order valence-corrected chi connectivity index (χ0v) is 8.97. The molecule has 1 aliphatic heterocycles. The van der Waals surface area contributed by atoms with Crippen LogP contribution in [0.1, 0.15) is 18.4 Å². The van der Waals surface area contributed by atoms with E-state index in [4.69, 9.17) is 0 Å². The summed E-state index contributed by atoms with van der Waals surface area (Å²) in [7, 11) is 0. The van der Waals surface area contributed by atoms with E-state index in [9.17, 15) is 5.11 Å². The highest BCUT2D eigenvalue weighted by Gasteiger charge is 2.22. The smallest absolute Gasteiger partial charge is 0.0586 e. The summed E-state index contributed by atoms with van der Waals surface area (Å²) in [5, 5.41) is 9.18. The highest BCUT2D eigenvalue weighted by Crippen LogP contribution is 2.16. The molecule has 82 valence electrons. The Morgan fingerprint density at radius 2 is 2.20 bits per heavy atom. The summed E-state index contributed by atoms with van der Waals surface area (Å²) in [5.74, 6) is 0. The predicted molar refractivity (Wildman–Crippen MR) is 59.6 cm³/mol. The Hall–Kier alpha value is -0.930. The average molecular weight is 206 g/mol. The number of nitrogens with zero attached hydrogens (tertiary/aromatic N) is 2. The first-order valence-electron chi connectivity index (χ1n) is 5.64. The zero-order valence-electron chi connectivity index (χ0n) is 8.97. The van der Waals surface area contributed by atoms with Crippen LogP contribution in [0.3, 0.4) is 0 Å². The molecule has 1 N–H and O–H groups in total. The number of aliphatic hydroxyl groups is 1. The number of likely N-dealkylation sites (tertiary alicyclic amines) is 1. The largest absolute Gasteiger partial charge is 0.395 e. The second-order valence-electron chi connectivity index (χ2n) is 4.12. The first-order chi connectivity index (χ1) is 7.40. The van der Waals surface area contributed by atoms with E-state index < -0.39 is 0 Å². The van der Waals surface area contributed by atoms with Gasteiger partial charge in [0, 0.05) is 25.0 Å². The lowest BCUT2D eigenvalue weighted by Gasteiger charge is -2.22. The Morgan fingerprint density at radius 3 is 2.93 bits per heavy atom. The minimum Gasteiger partial charge on any atom is -0.395 e. The molecule has 1 fully saturated rings. The van der Waals surface area contributed by atoms with Gasteiger partial charge in [-0.1, -0.05) is 0 Å². The SMILES string of the molecule is OCC1CCCN1CCc1ccncc1. The summed E-state index contributed by atoms with van der Waals surface area (Å²) in [6.07, 6.45) is 7.10. The van der Waals surface area contributed by atoms with Crippen LogP contribution in [0.2, 0.25) is 0 Å². The lowest BCUT2D eigenvalue weighted by atomic mass is 10.2. The molecule has 1 aliphatic rings. The number of hydrogen-bond donors (Lipinski definition) is 1. The van der Waals surface area contributed by atoms with Crippen LogP contribution in [0.5, 0.6) is 0 Å². The van der Waals surface area contributed by atoms with E-state index in [1.165, 1.54) is 12.0 Å². The van der Waals surface area contributed by atoms with Crippen molar-refractivity contribution >= 4 is 0 Å². The summed E-state index contributed by atoms with van der Waals surface area (Å²) in [4.78, 5) is 6.39. The van der Waals surface area contributed by atoms with Crippen LogP contribution in [0.25, 0.3) is 0 Å². The zero-order chi connectivity index (χ0) is 10.5. The molecule has 1 unspecified atom stereocenters. The highest BCUT2D eigenvalue weighted by atomic mass is 16.3. The van der Waals surface area contributed by atoms with Crippen molar-refractivity contribution < 1.29 is 5.11 Å². The predicted octanol–water partition coefficient (Wildman–Crippen LogP) is 1.08. The van der Waals surface area contributed by atoms with Crippen molar-refractivity contribution in [2.45, 2.75) is 25.3 Å².